The summed E-state index contributed by atoms with van der Waals surface area (Å²) in [4.78, 5) is 12.7. The molecule has 0 aliphatic carbocycles. The third-order valence-electron chi connectivity index (χ3n) is 4.18. The number of rotatable bonds is 2. The number of hydrogen-bond acceptors (Lipinski definition) is 2. The summed E-state index contributed by atoms with van der Waals surface area (Å²) in [5.41, 5.74) is 11.8. The molecule has 1 aliphatic rings. The van der Waals surface area contributed by atoms with E-state index in [4.69, 9.17) is 5.73 Å². The highest BCUT2D eigenvalue weighted by molar-refractivity contribution is 6.07. The Morgan fingerprint density at radius 3 is 2.50 bits per heavy atom. The number of hydrazine groups is 1. The van der Waals surface area contributed by atoms with Crippen molar-refractivity contribution in [3.05, 3.63) is 83.4 Å². The molecule has 0 radical (unpaired) electrons. The second-order valence-electron chi connectivity index (χ2n) is 5.60. The van der Waals surface area contributed by atoms with E-state index in [9.17, 15) is 4.79 Å². The number of nitrogens with two attached hydrogens (primary N) is 1. The van der Waals surface area contributed by atoms with Gasteiger partial charge in [-0.15, -0.1) is 0 Å². The number of hydrazone groups is 1. The fourth-order valence-electron chi connectivity index (χ4n) is 3.01. The van der Waals surface area contributed by atoms with Gasteiger partial charge in [0.15, 0.2) is 0 Å². The van der Waals surface area contributed by atoms with Gasteiger partial charge in [0.05, 0.1) is 11.1 Å². The van der Waals surface area contributed by atoms with Crippen LogP contribution in [0.5, 0.6) is 0 Å². The van der Waals surface area contributed by atoms with Gasteiger partial charge >= 0.3 is 0 Å². The Morgan fingerprint density at radius 1 is 0.958 bits per heavy atom. The number of benzene rings is 3. The molecule has 0 saturated heterocycles. The third kappa shape index (κ3) is 2.67. The van der Waals surface area contributed by atoms with Gasteiger partial charge in [0.25, 0.3) is 11.7 Å². The standard InChI is InChI=1S/C19H15N3O.BrH/c20-18-16-10-4-2-7-14(16)12-22(18)21-19(23)17-11-5-8-13-6-1-3-9-15(13)17;/h1-11,20H,12H2,(H,21,23);1H. The van der Waals surface area contributed by atoms with Gasteiger partial charge in [-0.1, -0.05) is 54.6 Å². The predicted octanol–water partition coefficient (Wildman–Crippen LogP) is -0.580. The van der Waals surface area contributed by atoms with Crippen LogP contribution in [0.3, 0.4) is 0 Å². The van der Waals surface area contributed by atoms with Crippen LogP contribution in [0.2, 0.25) is 0 Å². The van der Waals surface area contributed by atoms with Crippen molar-refractivity contribution < 1.29 is 26.5 Å². The molecule has 0 aromatic heterocycles. The lowest BCUT2D eigenvalue weighted by Crippen LogP contribution is -3.00. The van der Waals surface area contributed by atoms with Crippen LogP contribution in [0.1, 0.15) is 21.5 Å². The van der Waals surface area contributed by atoms with Gasteiger partial charge in [0.1, 0.15) is 6.54 Å². The van der Waals surface area contributed by atoms with Crippen LogP contribution < -0.4 is 28.1 Å². The number of carbonyl (C=O) groups excluding carboxylic acids is 1. The Labute approximate surface area is 150 Å². The number of amidine groups is 1. The summed E-state index contributed by atoms with van der Waals surface area (Å²) in [6.07, 6.45) is 0. The highest BCUT2D eigenvalue weighted by Crippen LogP contribution is 2.19. The maximum absolute atomic E-state index is 12.7. The van der Waals surface area contributed by atoms with Gasteiger partial charge in [-0.25, -0.2) is 0 Å². The second-order valence-corrected chi connectivity index (χ2v) is 5.60. The van der Waals surface area contributed by atoms with Crippen molar-refractivity contribution in [1.82, 2.24) is 5.43 Å². The molecule has 4 nitrogen and oxygen atoms in total. The fourth-order valence-corrected chi connectivity index (χ4v) is 3.01. The Bertz CT molecular complexity index is 960. The second kappa shape index (κ2) is 6.45. The summed E-state index contributed by atoms with van der Waals surface area (Å²) in [6, 6.07) is 21.5. The number of nitrogens with one attached hydrogen (secondary N) is 1. The molecular weight excluding hydrogens is 366 g/mol. The summed E-state index contributed by atoms with van der Waals surface area (Å²) < 4.78 is 1.70. The topological polar surface area (TPSA) is 58.1 Å². The van der Waals surface area contributed by atoms with Crippen LogP contribution in [0.4, 0.5) is 0 Å². The zero-order chi connectivity index (χ0) is 15.8. The van der Waals surface area contributed by atoms with Crippen molar-refractivity contribution in [3.8, 4) is 0 Å². The maximum atomic E-state index is 12.7. The molecule has 1 amide bonds. The smallest absolute Gasteiger partial charge is 0.299 e. The molecule has 24 heavy (non-hydrogen) atoms. The van der Waals surface area contributed by atoms with Crippen molar-refractivity contribution in [2.24, 2.45) is 5.73 Å². The molecule has 0 unspecified atom stereocenters. The van der Waals surface area contributed by atoms with Crippen molar-refractivity contribution in [3.63, 3.8) is 0 Å². The molecule has 1 heterocycles. The summed E-state index contributed by atoms with van der Waals surface area (Å²) in [7, 11) is 0. The first-order valence-corrected chi connectivity index (χ1v) is 7.51. The number of nitrogens with zero attached hydrogens (tertiary/aromatic N) is 1. The van der Waals surface area contributed by atoms with E-state index in [1.165, 1.54) is 0 Å². The number of fused-ring (bicyclic) bond motifs is 2. The van der Waals surface area contributed by atoms with Crippen LogP contribution in [-0.2, 0) is 6.54 Å². The van der Waals surface area contributed by atoms with Crippen LogP contribution >= 0.6 is 0 Å². The zero-order valence-electron chi connectivity index (χ0n) is 12.9. The van der Waals surface area contributed by atoms with E-state index in [1.54, 1.807) is 4.68 Å². The lowest BCUT2D eigenvalue weighted by Gasteiger charge is -2.08. The molecule has 3 N–H and O–H groups in total. The summed E-state index contributed by atoms with van der Waals surface area (Å²) in [5.74, 6) is 0.423. The van der Waals surface area contributed by atoms with Gasteiger partial charge in [-0.3, -0.25) is 10.5 Å². The van der Waals surface area contributed by atoms with E-state index in [1.807, 2.05) is 66.7 Å². The van der Waals surface area contributed by atoms with Gasteiger partial charge in [-0.2, -0.15) is 10.1 Å². The monoisotopic (exact) mass is 381 g/mol. The lowest BCUT2D eigenvalue weighted by atomic mass is 10.0. The van der Waals surface area contributed by atoms with Crippen LogP contribution in [0.15, 0.2) is 66.7 Å². The third-order valence-corrected chi connectivity index (χ3v) is 4.18. The molecule has 5 heteroatoms. The molecule has 4 rings (SSSR count). The minimum Gasteiger partial charge on any atom is -1.00 e. The largest absolute Gasteiger partial charge is 1.00 e. The van der Waals surface area contributed by atoms with Crippen molar-refractivity contribution in [1.29, 1.82) is 0 Å². The number of amides is 1. The predicted molar refractivity (Wildman–Crippen MR) is 90.1 cm³/mol. The first-order chi connectivity index (χ1) is 11.2. The Balaban J connectivity index is 0.00000169. The quantitative estimate of drug-likeness (QED) is 0.583. The molecule has 0 saturated carbocycles. The van der Waals surface area contributed by atoms with Gasteiger partial charge in [0.2, 0.25) is 0 Å². The van der Waals surface area contributed by atoms with E-state index in [-0.39, 0.29) is 22.9 Å². The van der Waals surface area contributed by atoms with Crippen LogP contribution in [0.25, 0.3) is 10.8 Å². The Hall–Kier alpha value is -2.66. The maximum Gasteiger partial charge on any atom is 0.299 e. The summed E-state index contributed by atoms with van der Waals surface area (Å²) >= 11 is 0. The van der Waals surface area contributed by atoms with E-state index in [2.05, 4.69) is 5.43 Å². The Kier molecular flexibility index (Phi) is 4.36. The molecule has 3 aromatic rings. The molecule has 0 spiro atoms. The van der Waals surface area contributed by atoms with Gasteiger partial charge < -0.3 is 17.0 Å². The first kappa shape index (κ1) is 16.2. The fraction of sp³-hybridized carbons (Fsp3) is 0.0526. The van der Waals surface area contributed by atoms with Crippen LogP contribution in [-0.4, -0.2) is 16.4 Å². The van der Waals surface area contributed by atoms with Crippen molar-refractivity contribution in [2.75, 3.05) is 0 Å². The molecule has 0 fully saturated rings. The first-order valence-electron chi connectivity index (χ1n) is 7.51. The highest BCUT2D eigenvalue weighted by Gasteiger charge is 2.26. The minimum absolute atomic E-state index is 0. The number of hydrogen-bond donors (Lipinski definition) is 2. The normalized spacial score (nSPS) is 12.7. The van der Waals surface area contributed by atoms with E-state index >= 15 is 0 Å². The molecule has 0 bridgehead atoms. The van der Waals surface area contributed by atoms with E-state index in [0.717, 1.165) is 21.9 Å². The molecule has 1 aliphatic heterocycles. The SMILES string of the molecule is NC1=[N+](NC(=O)c2cccc3ccccc23)Cc2ccccc21.[Br-]. The van der Waals surface area contributed by atoms with Crippen LogP contribution in [0, 0.1) is 0 Å². The van der Waals surface area contributed by atoms with Gasteiger partial charge in [-0.05, 0) is 22.9 Å². The number of halogens is 1. The Morgan fingerprint density at radius 2 is 1.67 bits per heavy atom. The molecule has 3 aromatic carbocycles. The van der Waals surface area contributed by atoms with Gasteiger partial charge in [0, 0.05) is 5.56 Å². The molecule has 120 valence electrons. The number of carbonyl (C=O) groups is 1. The average Bonchev–Trinajstić information content (AvgIpc) is 2.90. The zero-order valence-corrected chi connectivity index (χ0v) is 14.5. The lowest BCUT2D eigenvalue weighted by molar-refractivity contribution is -0.584. The molecular formula is C19H16BrN3O. The summed E-state index contributed by atoms with van der Waals surface area (Å²) in [5, 5.41) is 1.98. The highest BCUT2D eigenvalue weighted by atomic mass is 79.9. The van der Waals surface area contributed by atoms with E-state index in [0.29, 0.717) is 17.9 Å². The van der Waals surface area contributed by atoms with E-state index < -0.39 is 0 Å². The average molecular weight is 382 g/mol. The minimum atomic E-state index is -0.155. The van der Waals surface area contributed by atoms with Crippen molar-refractivity contribution >= 4 is 22.5 Å². The molecule has 0 atom stereocenters. The van der Waals surface area contributed by atoms with Crippen molar-refractivity contribution in [2.45, 2.75) is 6.54 Å². The summed E-state index contributed by atoms with van der Waals surface area (Å²) in [6.45, 7) is 0.582.